The summed E-state index contributed by atoms with van der Waals surface area (Å²) >= 11 is 0. The highest BCUT2D eigenvalue weighted by atomic mass is 16.5. The van der Waals surface area contributed by atoms with Crippen LogP contribution in [0.2, 0.25) is 0 Å². The Labute approximate surface area is 178 Å². The van der Waals surface area contributed by atoms with Gasteiger partial charge in [-0.2, -0.15) is 4.98 Å². The Balaban J connectivity index is 1.56. The first kappa shape index (κ1) is 20.1. The van der Waals surface area contributed by atoms with Crippen LogP contribution in [-0.2, 0) is 11.3 Å². The number of rotatable bonds is 6. The molecule has 0 radical (unpaired) electrons. The van der Waals surface area contributed by atoms with Gasteiger partial charge in [0.05, 0.1) is 12.8 Å². The number of carbonyl (C=O) groups excluding carboxylic acids is 1. The molecule has 156 valence electrons. The lowest BCUT2D eigenvalue weighted by atomic mass is 10.2. The van der Waals surface area contributed by atoms with Crippen LogP contribution in [0.15, 0.2) is 76.2 Å². The maximum Gasteiger partial charge on any atom is 0.263 e. The number of pyridine rings is 1. The van der Waals surface area contributed by atoms with E-state index in [4.69, 9.17) is 9.26 Å². The molecular weight excluding hydrogens is 396 g/mol. The van der Waals surface area contributed by atoms with Crippen molar-refractivity contribution >= 4 is 11.6 Å². The number of ether oxygens (including phenoxy) is 1. The van der Waals surface area contributed by atoms with Gasteiger partial charge in [-0.15, -0.1) is 0 Å². The number of aryl methyl sites for hydroxylation is 1. The van der Waals surface area contributed by atoms with Crippen LogP contribution in [0.1, 0.15) is 5.56 Å². The second-order valence-electron chi connectivity index (χ2n) is 6.90. The molecule has 0 unspecified atom stereocenters. The number of hydrogen-bond acceptors (Lipinski definition) is 6. The summed E-state index contributed by atoms with van der Waals surface area (Å²) in [5.41, 5.74) is 2.11. The van der Waals surface area contributed by atoms with Gasteiger partial charge in [0.15, 0.2) is 0 Å². The summed E-state index contributed by atoms with van der Waals surface area (Å²) in [6, 6.07) is 18.0. The Bertz CT molecular complexity index is 1280. The number of nitrogens with one attached hydrogen (secondary N) is 1. The lowest BCUT2D eigenvalue weighted by Crippen LogP contribution is -2.28. The fraction of sp³-hybridized carbons (Fsp3) is 0.130. The van der Waals surface area contributed by atoms with E-state index in [2.05, 4.69) is 15.5 Å². The second-order valence-corrected chi connectivity index (χ2v) is 6.90. The van der Waals surface area contributed by atoms with E-state index in [1.54, 1.807) is 24.3 Å². The van der Waals surface area contributed by atoms with Crippen LogP contribution < -0.4 is 15.6 Å². The smallest absolute Gasteiger partial charge is 0.263 e. The molecule has 2 heterocycles. The van der Waals surface area contributed by atoms with E-state index >= 15 is 0 Å². The minimum atomic E-state index is -0.405. The minimum Gasteiger partial charge on any atom is -0.495 e. The van der Waals surface area contributed by atoms with Crippen LogP contribution in [0.5, 0.6) is 5.75 Å². The maximum absolute atomic E-state index is 12.9. The molecule has 0 bridgehead atoms. The van der Waals surface area contributed by atoms with Gasteiger partial charge in [0.1, 0.15) is 17.9 Å². The van der Waals surface area contributed by atoms with Crippen LogP contribution in [0.4, 0.5) is 5.69 Å². The quantitative estimate of drug-likeness (QED) is 0.516. The van der Waals surface area contributed by atoms with Crippen LogP contribution >= 0.6 is 0 Å². The molecule has 2 aromatic heterocycles. The van der Waals surface area contributed by atoms with Gasteiger partial charge >= 0.3 is 0 Å². The van der Waals surface area contributed by atoms with Gasteiger partial charge in [-0.3, -0.25) is 9.59 Å². The Morgan fingerprint density at radius 3 is 2.71 bits per heavy atom. The van der Waals surface area contributed by atoms with Crippen molar-refractivity contribution in [3.05, 3.63) is 82.8 Å². The van der Waals surface area contributed by atoms with Gasteiger partial charge in [-0.05, 0) is 36.8 Å². The third-order valence-electron chi connectivity index (χ3n) is 4.65. The van der Waals surface area contributed by atoms with E-state index in [0.29, 0.717) is 17.3 Å². The average Bonchev–Trinajstić information content (AvgIpc) is 3.26. The highest BCUT2D eigenvalue weighted by Gasteiger charge is 2.16. The summed E-state index contributed by atoms with van der Waals surface area (Å²) in [7, 11) is 1.53. The molecular formula is C23H20N4O4. The first-order valence-electron chi connectivity index (χ1n) is 9.58. The lowest BCUT2D eigenvalue weighted by molar-refractivity contribution is -0.116. The predicted molar refractivity (Wildman–Crippen MR) is 116 cm³/mol. The standard InChI is InChI=1S/C23H20N4O4/c1-15-10-11-19(30-2)18(13-15)24-20(28)14-27-12-6-9-17(23(27)29)22-25-21(26-31-22)16-7-4-3-5-8-16/h3-13H,14H2,1-2H3,(H,24,28). The molecule has 0 fully saturated rings. The number of carbonyl (C=O) groups is 1. The number of amides is 1. The number of nitrogens with zero attached hydrogens (tertiary/aromatic N) is 3. The molecule has 2 aromatic carbocycles. The number of hydrogen-bond donors (Lipinski definition) is 1. The van der Waals surface area contributed by atoms with Gasteiger partial charge < -0.3 is 19.1 Å². The summed E-state index contributed by atoms with van der Waals surface area (Å²) in [6.07, 6.45) is 1.54. The number of anilines is 1. The lowest BCUT2D eigenvalue weighted by Gasteiger charge is -2.12. The Morgan fingerprint density at radius 2 is 1.94 bits per heavy atom. The summed E-state index contributed by atoms with van der Waals surface area (Å²) in [6.45, 7) is 1.74. The highest BCUT2D eigenvalue weighted by Crippen LogP contribution is 2.25. The maximum atomic E-state index is 12.9. The molecule has 0 saturated carbocycles. The first-order chi connectivity index (χ1) is 15.0. The third-order valence-corrected chi connectivity index (χ3v) is 4.65. The van der Waals surface area contributed by atoms with Crippen molar-refractivity contribution in [1.29, 1.82) is 0 Å². The second kappa shape index (κ2) is 8.66. The van der Waals surface area contributed by atoms with Crippen molar-refractivity contribution < 1.29 is 14.1 Å². The fourth-order valence-corrected chi connectivity index (χ4v) is 3.13. The summed E-state index contributed by atoms with van der Waals surface area (Å²) in [5, 5.41) is 6.74. The molecule has 8 heteroatoms. The van der Waals surface area contributed by atoms with E-state index in [-0.39, 0.29) is 23.9 Å². The van der Waals surface area contributed by atoms with Crippen molar-refractivity contribution in [3.63, 3.8) is 0 Å². The van der Waals surface area contributed by atoms with Gasteiger partial charge in [0, 0.05) is 11.8 Å². The van der Waals surface area contributed by atoms with E-state index < -0.39 is 5.56 Å². The van der Waals surface area contributed by atoms with Gasteiger partial charge in [0.25, 0.3) is 11.4 Å². The van der Waals surface area contributed by atoms with Gasteiger partial charge in [-0.25, -0.2) is 0 Å². The van der Waals surface area contributed by atoms with E-state index in [0.717, 1.165) is 11.1 Å². The van der Waals surface area contributed by atoms with Gasteiger partial charge in [-0.1, -0.05) is 41.6 Å². The monoisotopic (exact) mass is 416 g/mol. The van der Waals surface area contributed by atoms with Crippen LogP contribution in [0.3, 0.4) is 0 Å². The zero-order valence-corrected chi connectivity index (χ0v) is 17.0. The zero-order chi connectivity index (χ0) is 21.8. The van der Waals surface area contributed by atoms with Crippen molar-refractivity contribution in [3.8, 4) is 28.6 Å². The van der Waals surface area contributed by atoms with E-state index in [9.17, 15) is 9.59 Å². The SMILES string of the molecule is COc1ccc(C)cc1NC(=O)Cn1cccc(-c2nc(-c3ccccc3)no2)c1=O. The molecule has 0 aliphatic heterocycles. The highest BCUT2D eigenvalue weighted by molar-refractivity contribution is 5.92. The van der Waals surface area contributed by atoms with Crippen molar-refractivity contribution in [2.45, 2.75) is 13.5 Å². The first-order valence-corrected chi connectivity index (χ1v) is 9.58. The Morgan fingerprint density at radius 1 is 1.13 bits per heavy atom. The largest absolute Gasteiger partial charge is 0.495 e. The molecule has 4 aromatic rings. The van der Waals surface area contributed by atoms with Crippen LogP contribution in [0, 0.1) is 6.92 Å². The summed E-state index contributed by atoms with van der Waals surface area (Å²) in [5.74, 6) is 0.659. The number of aromatic nitrogens is 3. The molecule has 0 aliphatic rings. The molecule has 4 rings (SSSR count). The van der Waals surface area contributed by atoms with Crippen molar-refractivity contribution in [2.24, 2.45) is 0 Å². The molecule has 8 nitrogen and oxygen atoms in total. The molecule has 0 saturated heterocycles. The van der Waals surface area contributed by atoms with Crippen LogP contribution in [-0.4, -0.2) is 27.7 Å². The Kier molecular flexibility index (Phi) is 5.61. The average molecular weight is 416 g/mol. The minimum absolute atomic E-state index is 0.0963. The van der Waals surface area contributed by atoms with E-state index in [1.165, 1.54) is 17.9 Å². The summed E-state index contributed by atoms with van der Waals surface area (Å²) in [4.78, 5) is 29.8. The molecule has 31 heavy (non-hydrogen) atoms. The topological polar surface area (TPSA) is 99.2 Å². The molecule has 1 N–H and O–H groups in total. The molecule has 0 spiro atoms. The predicted octanol–water partition coefficient (Wildman–Crippen LogP) is 3.52. The molecule has 0 aliphatic carbocycles. The number of benzene rings is 2. The zero-order valence-electron chi connectivity index (χ0n) is 17.0. The fourth-order valence-electron chi connectivity index (χ4n) is 3.13. The number of methoxy groups -OCH3 is 1. The third kappa shape index (κ3) is 4.37. The van der Waals surface area contributed by atoms with Crippen molar-refractivity contribution in [1.82, 2.24) is 14.7 Å². The van der Waals surface area contributed by atoms with Gasteiger partial charge in [0.2, 0.25) is 11.7 Å². The summed E-state index contributed by atoms with van der Waals surface area (Å²) < 4.78 is 11.9. The molecule has 1 amide bonds. The Hall–Kier alpha value is -4.20. The van der Waals surface area contributed by atoms with Crippen molar-refractivity contribution in [2.75, 3.05) is 12.4 Å². The molecule has 0 atom stereocenters. The normalized spacial score (nSPS) is 10.6. The van der Waals surface area contributed by atoms with Crippen LogP contribution in [0.25, 0.3) is 22.8 Å². The van der Waals surface area contributed by atoms with E-state index in [1.807, 2.05) is 43.3 Å².